The van der Waals surface area contributed by atoms with Gasteiger partial charge in [-0.25, -0.2) is 0 Å². The number of carbonyl (C=O) groups excluding carboxylic acids is 2. The van der Waals surface area contributed by atoms with Crippen LogP contribution in [-0.4, -0.2) is 53.6 Å². The van der Waals surface area contributed by atoms with Gasteiger partial charge in [0.2, 0.25) is 5.91 Å². The molecule has 0 radical (unpaired) electrons. The van der Waals surface area contributed by atoms with Gasteiger partial charge in [0.1, 0.15) is 0 Å². The standard InChI is InChI=1S/C20H20N4O4S/c25-19-7-12-29-18-6-1-14(13-17(18)21-19)20(26)23-10-8-22(9-11-23)15-2-4-16(5-3-15)24(27)28/h1-6,13H,7-12H2,(H,21,25). The highest BCUT2D eigenvalue weighted by Gasteiger charge is 2.24. The zero-order valence-corrected chi connectivity index (χ0v) is 16.5. The Balaban J connectivity index is 1.41. The average molecular weight is 412 g/mol. The zero-order chi connectivity index (χ0) is 20.4. The molecule has 150 valence electrons. The lowest BCUT2D eigenvalue weighted by atomic mass is 10.1. The van der Waals surface area contributed by atoms with Crippen LogP contribution in [0.1, 0.15) is 16.8 Å². The predicted octanol–water partition coefficient (Wildman–Crippen LogP) is 2.99. The van der Waals surface area contributed by atoms with Crippen LogP contribution < -0.4 is 10.2 Å². The molecule has 0 atom stereocenters. The third-order valence-electron chi connectivity index (χ3n) is 5.08. The third kappa shape index (κ3) is 4.19. The van der Waals surface area contributed by atoms with Crippen molar-refractivity contribution in [1.82, 2.24) is 4.90 Å². The number of nitro benzene ring substituents is 1. The number of nitrogens with one attached hydrogen (secondary N) is 1. The first-order valence-electron chi connectivity index (χ1n) is 9.36. The molecule has 2 heterocycles. The molecule has 2 aromatic carbocycles. The van der Waals surface area contributed by atoms with Gasteiger partial charge in [0.25, 0.3) is 11.6 Å². The van der Waals surface area contributed by atoms with Crippen molar-refractivity contribution in [1.29, 1.82) is 0 Å². The van der Waals surface area contributed by atoms with Crippen LogP contribution in [0, 0.1) is 10.1 Å². The van der Waals surface area contributed by atoms with Crippen LogP contribution in [0.15, 0.2) is 47.4 Å². The van der Waals surface area contributed by atoms with Crippen molar-refractivity contribution >= 4 is 40.6 Å². The van der Waals surface area contributed by atoms with E-state index in [1.807, 2.05) is 12.1 Å². The van der Waals surface area contributed by atoms with E-state index in [1.165, 1.54) is 12.1 Å². The number of thioether (sulfide) groups is 1. The largest absolute Gasteiger partial charge is 0.368 e. The Kier molecular flexibility index (Phi) is 5.39. The number of amides is 2. The van der Waals surface area contributed by atoms with Crippen LogP contribution in [0.3, 0.4) is 0 Å². The fourth-order valence-corrected chi connectivity index (χ4v) is 4.43. The van der Waals surface area contributed by atoms with Crippen molar-refractivity contribution in [2.24, 2.45) is 0 Å². The second kappa shape index (κ2) is 8.12. The smallest absolute Gasteiger partial charge is 0.269 e. The zero-order valence-electron chi connectivity index (χ0n) is 15.7. The number of fused-ring (bicyclic) bond motifs is 1. The maximum atomic E-state index is 12.9. The highest BCUT2D eigenvalue weighted by Crippen LogP contribution is 2.32. The van der Waals surface area contributed by atoms with Gasteiger partial charge >= 0.3 is 0 Å². The van der Waals surface area contributed by atoms with Gasteiger partial charge in [0.15, 0.2) is 0 Å². The maximum absolute atomic E-state index is 12.9. The topological polar surface area (TPSA) is 95.8 Å². The molecule has 29 heavy (non-hydrogen) atoms. The summed E-state index contributed by atoms with van der Waals surface area (Å²) in [7, 11) is 0. The first-order chi connectivity index (χ1) is 14.0. The van der Waals surface area contributed by atoms with Gasteiger partial charge in [-0.2, -0.15) is 0 Å². The summed E-state index contributed by atoms with van der Waals surface area (Å²) in [5.41, 5.74) is 2.24. The van der Waals surface area contributed by atoms with E-state index in [1.54, 1.807) is 34.9 Å². The summed E-state index contributed by atoms with van der Waals surface area (Å²) >= 11 is 1.61. The van der Waals surface area contributed by atoms with E-state index in [2.05, 4.69) is 10.2 Å². The molecule has 0 unspecified atom stereocenters. The van der Waals surface area contributed by atoms with Crippen molar-refractivity contribution in [2.45, 2.75) is 11.3 Å². The van der Waals surface area contributed by atoms with Gasteiger partial charge in [-0.05, 0) is 30.3 Å². The third-order valence-corrected chi connectivity index (χ3v) is 6.16. The summed E-state index contributed by atoms with van der Waals surface area (Å²) in [6, 6.07) is 11.9. The van der Waals surface area contributed by atoms with E-state index in [0.717, 1.165) is 16.3 Å². The summed E-state index contributed by atoms with van der Waals surface area (Å²) in [6.07, 6.45) is 0.466. The summed E-state index contributed by atoms with van der Waals surface area (Å²) in [5, 5.41) is 13.7. The fourth-order valence-electron chi connectivity index (χ4n) is 3.49. The molecule has 1 saturated heterocycles. The van der Waals surface area contributed by atoms with Crippen LogP contribution in [0.25, 0.3) is 0 Å². The van der Waals surface area contributed by atoms with Gasteiger partial charge < -0.3 is 15.1 Å². The molecule has 1 fully saturated rings. The summed E-state index contributed by atoms with van der Waals surface area (Å²) < 4.78 is 0. The first kappa shape index (κ1) is 19.3. The molecule has 8 nitrogen and oxygen atoms in total. The minimum absolute atomic E-state index is 0.0300. The molecule has 0 bridgehead atoms. The number of piperazine rings is 1. The lowest BCUT2D eigenvalue weighted by Gasteiger charge is -2.36. The second-order valence-electron chi connectivity index (χ2n) is 6.91. The SMILES string of the molecule is O=C1CCSc2ccc(C(=O)N3CCN(c4ccc([N+](=O)[O-])cc4)CC3)cc2N1. The van der Waals surface area contributed by atoms with Gasteiger partial charge in [0, 0.05) is 66.6 Å². The number of nitro groups is 1. The van der Waals surface area contributed by atoms with E-state index < -0.39 is 4.92 Å². The molecule has 0 aliphatic carbocycles. The Morgan fingerprint density at radius 3 is 2.48 bits per heavy atom. The van der Waals surface area contributed by atoms with Crippen molar-refractivity contribution in [3.63, 3.8) is 0 Å². The van der Waals surface area contributed by atoms with E-state index >= 15 is 0 Å². The number of hydrogen-bond acceptors (Lipinski definition) is 6. The molecule has 2 aromatic rings. The molecule has 4 rings (SSSR count). The van der Waals surface area contributed by atoms with Gasteiger partial charge in [-0.15, -0.1) is 11.8 Å². The molecule has 9 heteroatoms. The van der Waals surface area contributed by atoms with Crippen molar-refractivity contribution in [3.8, 4) is 0 Å². The second-order valence-corrected chi connectivity index (χ2v) is 8.05. The van der Waals surface area contributed by atoms with E-state index in [-0.39, 0.29) is 17.5 Å². The Hall–Kier alpha value is -3.07. The van der Waals surface area contributed by atoms with Crippen LogP contribution in [0.4, 0.5) is 17.1 Å². The quantitative estimate of drug-likeness (QED) is 0.615. The molecule has 2 aliphatic rings. The van der Waals surface area contributed by atoms with Crippen LogP contribution in [-0.2, 0) is 4.79 Å². The summed E-state index contributed by atoms with van der Waals surface area (Å²) in [4.78, 5) is 40.0. The van der Waals surface area contributed by atoms with E-state index in [4.69, 9.17) is 0 Å². The maximum Gasteiger partial charge on any atom is 0.269 e. The minimum atomic E-state index is -0.415. The Labute approximate surface area is 172 Å². The molecule has 0 saturated carbocycles. The van der Waals surface area contributed by atoms with E-state index in [9.17, 15) is 19.7 Å². The fraction of sp³-hybridized carbons (Fsp3) is 0.300. The lowest BCUT2D eigenvalue weighted by Crippen LogP contribution is -2.48. The molecule has 0 spiro atoms. The molecular weight excluding hydrogens is 392 g/mol. The highest BCUT2D eigenvalue weighted by molar-refractivity contribution is 7.99. The number of rotatable bonds is 3. The number of hydrogen-bond donors (Lipinski definition) is 1. The lowest BCUT2D eigenvalue weighted by molar-refractivity contribution is -0.384. The number of anilines is 2. The van der Waals surface area contributed by atoms with Crippen LogP contribution in [0.5, 0.6) is 0 Å². The Morgan fingerprint density at radius 1 is 1.07 bits per heavy atom. The molecule has 1 N–H and O–H groups in total. The monoisotopic (exact) mass is 412 g/mol. The van der Waals surface area contributed by atoms with Crippen molar-refractivity contribution in [2.75, 3.05) is 42.1 Å². The van der Waals surface area contributed by atoms with Crippen molar-refractivity contribution in [3.05, 3.63) is 58.1 Å². The van der Waals surface area contributed by atoms with Gasteiger partial charge in [-0.1, -0.05) is 0 Å². The normalized spacial score (nSPS) is 16.6. The summed E-state index contributed by atoms with van der Waals surface area (Å²) in [5.74, 6) is 0.647. The first-order valence-corrected chi connectivity index (χ1v) is 10.4. The summed E-state index contributed by atoms with van der Waals surface area (Å²) in [6.45, 7) is 2.43. The molecular formula is C20H20N4O4S. The Morgan fingerprint density at radius 2 is 1.79 bits per heavy atom. The number of benzene rings is 2. The van der Waals surface area contributed by atoms with Crippen molar-refractivity contribution < 1.29 is 14.5 Å². The van der Waals surface area contributed by atoms with Crippen LogP contribution >= 0.6 is 11.8 Å². The average Bonchev–Trinajstić information content (AvgIpc) is 2.93. The number of non-ortho nitro benzene ring substituents is 1. The highest BCUT2D eigenvalue weighted by atomic mass is 32.2. The number of nitrogens with zero attached hydrogens (tertiary/aromatic N) is 3. The molecule has 2 aliphatic heterocycles. The number of carbonyl (C=O) groups is 2. The molecule has 2 amide bonds. The van der Waals surface area contributed by atoms with Gasteiger partial charge in [-0.3, -0.25) is 19.7 Å². The minimum Gasteiger partial charge on any atom is -0.368 e. The van der Waals surface area contributed by atoms with Gasteiger partial charge in [0.05, 0.1) is 10.6 Å². The van der Waals surface area contributed by atoms with E-state index in [0.29, 0.717) is 43.9 Å². The van der Waals surface area contributed by atoms with Crippen LogP contribution in [0.2, 0.25) is 0 Å². The molecule has 0 aromatic heterocycles. The Bertz CT molecular complexity index is 955. The predicted molar refractivity (Wildman–Crippen MR) is 112 cm³/mol.